The number of hydrogen-bond donors (Lipinski definition) is 0. The fraction of sp³-hybridized carbons (Fsp3) is 0.591. The molecule has 160 valence electrons. The predicted octanol–water partition coefficient (Wildman–Crippen LogP) is 3.74. The van der Waals surface area contributed by atoms with Crippen LogP contribution in [-0.4, -0.2) is 45.9 Å². The molecule has 2 aromatic rings. The van der Waals surface area contributed by atoms with Crippen LogP contribution in [-0.2, 0) is 28.9 Å². The van der Waals surface area contributed by atoms with Crippen LogP contribution in [0.15, 0.2) is 21.7 Å². The zero-order valence-corrected chi connectivity index (χ0v) is 18.9. The number of amides is 1. The quantitative estimate of drug-likeness (QED) is 0.501. The number of ether oxygens (including phenoxy) is 1. The number of carbonyl (C=O) groups is 1. The molecule has 0 radical (unpaired) electrons. The van der Waals surface area contributed by atoms with Crippen LogP contribution in [0.2, 0.25) is 0 Å². The minimum Gasteiger partial charge on any atom is -0.376 e. The Hall–Kier alpha value is -1.64. The molecule has 0 aromatic carbocycles. The van der Waals surface area contributed by atoms with Crippen LogP contribution in [0.4, 0.5) is 0 Å². The number of rotatable bonds is 6. The molecular formula is C22H27N3O3S2. The summed E-state index contributed by atoms with van der Waals surface area (Å²) in [6, 6.07) is 0. The summed E-state index contributed by atoms with van der Waals surface area (Å²) < 4.78 is 7.58. The zero-order chi connectivity index (χ0) is 20.7. The smallest absolute Gasteiger partial charge is 0.263 e. The van der Waals surface area contributed by atoms with Crippen LogP contribution < -0.4 is 5.56 Å². The highest BCUT2D eigenvalue weighted by molar-refractivity contribution is 7.99. The van der Waals surface area contributed by atoms with Crippen molar-refractivity contribution in [3.63, 3.8) is 0 Å². The maximum atomic E-state index is 13.5. The Labute approximate surface area is 184 Å². The van der Waals surface area contributed by atoms with E-state index in [0.29, 0.717) is 11.7 Å². The first kappa shape index (κ1) is 20.3. The predicted molar refractivity (Wildman–Crippen MR) is 120 cm³/mol. The van der Waals surface area contributed by atoms with Crippen LogP contribution in [0.5, 0.6) is 0 Å². The van der Waals surface area contributed by atoms with E-state index in [4.69, 9.17) is 9.72 Å². The van der Waals surface area contributed by atoms with Gasteiger partial charge in [-0.05, 0) is 56.9 Å². The van der Waals surface area contributed by atoms with Crippen molar-refractivity contribution in [3.8, 4) is 0 Å². The molecule has 0 bridgehead atoms. The normalized spacial score (nSPS) is 20.7. The average molecular weight is 446 g/mol. The van der Waals surface area contributed by atoms with Gasteiger partial charge in [0.1, 0.15) is 4.83 Å². The highest BCUT2D eigenvalue weighted by atomic mass is 32.2. The van der Waals surface area contributed by atoms with Crippen molar-refractivity contribution < 1.29 is 9.53 Å². The second-order valence-electron chi connectivity index (χ2n) is 8.31. The van der Waals surface area contributed by atoms with Gasteiger partial charge in [0.25, 0.3) is 5.56 Å². The molecule has 6 nitrogen and oxygen atoms in total. The number of thioether (sulfide) groups is 1. The first-order valence-electron chi connectivity index (χ1n) is 10.9. The van der Waals surface area contributed by atoms with Gasteiger partial charge in [0, 0.05) is 24.2 Å². The Morgan fingerprint density at radius 2 is 2.23 bits per heavy atom. The van der Waals surface area contributed by atoms with E-state index >= 15 is 0 Å². The molecule has 2 aromatic heterocycles. The van der Waals surface area contributed by atoms with Crippen molar-refractivity contribution >= 4 is 39.2 Å². The summed E-state index contributed by atoms with van der Waals surface area (Å²) >= 11 is 3.03. The van der Waals surface area contributed by atoms with Crippen molar-refractivity contribution in [2.45, 2.75) is 69.2 Å². The molecule has 5 rings (SSSR count). The third kappa shape index (κ3) is 3.74. The number of hydrogen-bond acceptors (Lipinski definition) is 6. The molecule has 8 heteroatoms. The van der Waals surface area contributed by atoms with Crippen LogP contribution in [0, 0.1) is 0 Å². The topological polar surface area (TPSA) is 64.4 Å². The van der Waals surface area contributed by atoms with Gasteiger partial charge < -0.3 is 9.64 Å². The number of allylic oxidation sites excluding steroid dienone is 2. The molecule has 3 aliphatic rings. The molecule has 1 atom stereocenters. The number of aromatic nitrogens is 2. The Balaban J connectivity index is 1.45. The Bertz CT molecular complexity index is 1070. The summed E-state index contributed by atoms with van der Waals surface area (Å²) in [7, 11) is 1.85. The molecule has 3 heterocycles. The molecule has 0 saturated carbocycles. The SMILES string of the molecule is CN(C(=O)CSc1nc2sc3c(c2c(=O)n1C[C@H]1CCCO1)CCC3)C1=CCCC1. The van der Waals surface area contributed by atoms with Gasteiger partial charge >= 0.3 is 0 Å². The molecule has 1 aliphatic heterocycles. The van der Waals surface area contributed by atoms with Gasteiger partial charge in [-0.3, -0.25) is 14.2 Å². The summed E-state index contributed by atoms with van der Waals surface area (Å²) in [5.41, 5.74) is 2.35. The minimum absolute atomic E-state index is 0.0386. The lowest BCUT2D eigenvalue weighted by molar-refractivity contribution is -0.125. The second kappa shape index (κ2) is 8.48. The van der Waals surface area contributed by atoms with E-state index in [1.54, 1.807) is 20.8 Å². The maximum absolute atomic E-state index is 13.5. The van der Waals surface area contributed by atoms with E-state index in [1.807, 2.05) is 7.05 Å². The molecule has 2 aliphatic carbocycles. The fourth-order valence-electron chi connectivity index (χ4n) is 4.66. The highest BCUT2D eigenvalue weighted by Gasteiger charge is 2.26. The summed E-state index contributed by atoms with van der Waals surface area (Å²) in [4.78, 5) is 35.0. The van der Waals surface area contributed by atoms with Crippen LogP contribution in [0.3, 0.4) is 0 Å². The maximum Gasteiger partial charge on any atom is 0.263 e. The average Bonchev–Trinajstić information content (AvgIpc) is 3.51. The molecule has 0 unspecified atom stereocenters. The van der Waals surface area contributed by atoms with Crippen molar-refractivity contribution in [2.75, 3.05) is 19.4 Å². The number of nitrogens with zero attached hydrogens (tertiary/aromatic N) is 3. The van der Waals surface area contributed by atoms with Crippen molar-refractivity contribution in [3.05, 3.63) is 32.6 Å². The van der Waals surface area contributed by atoms with Crippen molar-refractivity contribution in [1.29, 1.82) is 0 Å². The molecule has 0 N–H and O–H groups in total. The molecular weight excluding hydrogens is 418 g/mol. The van der Waals surface area contributed by atoms with Gasteiger partial charge in [-0.1, -0.05) is 17.8 Å². The van der Waals surface area contributed by atoms with Gasteiger partial charge in [0.2, 0.25) is 5.91 Å². The standard InChI is InChI=1S/C22H27N3O3S2/c1-24(14-6-2-3-7-14)18(26)13-29-22-23-20-19(16-9-4-10-17(16)30-20)21(27)25(22)12-15-8-5-11-28-15/h6,15H,2-5,7-13H2,1H3/t15-/m1/s1. The van der Waals surface area contributed by atoms with Gasteiger partial charge in [0.15, 0.2) is 5.16 Å². The monoisotopic (exact) mass is 445 g/mol. The summed E-state index contributed by atoms with van der Waals surface area (Å²) in [6.45, 7) is 1.27. The van der Waals surface area contributed by atoms with E-state index in [2.05, 4.69) is 6.08 Å². The van der Waals surface area contributed by atoms with Gasteiger partial charge in [-0.15, -0.1) is 11.3 Å². The summed E-state index contributed by atoms with van der Waals surface area (Å²) in [5.74, 6) is 0.336. The van der Waals surface area contributed by atoms with E-state index in [1.165, 1.54) is 22.2 Å². The number of aryl methyl sites for hydroxylation is 2. The second-order valence-corrected chi connectivity index (χ2v) is 10.3. The first-order valence-corrected chi connectivity index (χ1v) is 12.7. The highest BCUT2D eigenvalue weighted by Crippen LogP contribution is 2.36. The summed E-state index contributed by atoms with van der Waals surface area (Å²) in [5, 5.41) is 1.44. The number of fused-ring (bicyclic) bond motifs is 3. The van der Waals surface area contributed by atoms with Crippen LogP contribution >= 0.6 is 23.1 Å². The fourth-order valence-corrected chi connectivity index (χ4v) is 6.89. The van der Waals surface area contributed by atoms with E-state index in [0.717, 1.165) is 73.9 Å². The Morgan fingerprint density at radius 1 is 1.33 bits per heavy atom. The van der Waals surface area contributed by atoms with Gasteiger partial charge in [0.05, 0.1) is 23.8 Å². The molecule has 1 saturated heterocycles. The van der Waals surface area contributed by atoms with Crippen molar-refractivity contribution in [2.24, 2.45) is 0 Å². The molecule has 30 heavy (non-hydrogen) atoms. The number of carbonyl (C=O) groups excluding carboxylic acids is 1. The molecule has 0 spiro atoms. The Morgan fingerprint density at radius 3 is 3.00 bits per heavy atom. The first-order chi connectivity index (χ1) is 14.6. The van der Waals surface area contributed by atoms with Crippen molar-refractivity contribution in [1.82, 2.24) is 14.5 Å². The van der Waals surface area contributed by atoms with Crippen LogP contribution in [0.1, 0.15) is 49.0 Å². The van der Waals surface area contributed by atoms with Crippen LogP contribution in [0.25, 0.3) is 10.2 Å². The van der Waals surface area contributed by atoms with Gasteiger partial charge in [-0.2, -0.15) is 0 Å². The van der Waals surface area contributed by atoms with Gasteiger partial charge in [-0.25, -0.2) is 4.98 Å². The summed E-state index contributed by atoms with van der Waals surface area (Å²) in [6.07, 6.45) is 10.4. The lowest BCUT2D eigenvalue weighted by Gasteiger charge is -2.19. The third-order valence-corrected chi connectivity index (χ3v) is 8.49. The lowest BCUT2D eigenvalue weighted by Crippen LogP contribution is -2.30. The molecule has 1 amide bonds. The zero-order valence-electron chi connectivity index (χ0n) is 17.3. The lowest BCUT2D eigenvalue weighted by atomic mass is 10.2. The number of thiophene rings is 1. The Kier molecular flexibility index (Phi) is 5.73. The van der Waals surface area contributed by atoms with E-state index < -0.39 is 0 Å². The third-order valence-electron chi connectivity index (χ3n) is 6.35. The van der Waals surface area contributed by atoms with E-state index in [-0.39, 0.29) is 23.3 Å². The minimum atomic E-state index is 0.0386. The molecule has 1 fully saturated rings. The van der Waals surface area contributed by atoms with E-state index in [9.17, 15) is 9.59 Å². The largest absolute Gasteiger partial charge is 0.376 e.